The van der Waals surface area contributed by atoms with Gasteiger partial charge in [-0.3, -0.25) is 10.1 Å². The molecule has 0 unspecified atom stereocenters. The van der Waals surface area contributed by atoms with Gasteiger partial charge in [-0.15, -0.1) is 0 Å². The van der Waals surface area contributed by atoms with E-state index in [9.17, 15) is 14.9 Å². The largest absolute Gasteiger partial charge is 0.478 e. The van der Waals surface area contributed by atoms with Crippen LogP contribution in [0.25, 0.3) is 17.2 Å². The van der Waals surface area contributed by atoms with Gasteiger partial charge in [0.1, 0.15) is 0 Å². The number of nitro benzene ring substituents is 1. The van der Waals surface area contributed by atoms with Crippen LogP contribution in [0.1, 0.15) is 5.56 Å². The molecule has 5 heteroatoms. The van der Waals surface area contributed by atoms with Crippen molar-refractivity contribution >= 4 is 17.7 Å². The zero-order valence-electron chi connectivity index (χ0n) is 10.4. The third-order valence-electron chi connectivity index (χ3n) is 2.72. The number of hydrogen-bond donors (Lipinski definition) is 1. The fraction of sp³-hybridized carbons (Fsp3) is 0. The zero-order chi connectivity index (χ0) is 14.5. The first kappa shape index (κ1) is 13.5. The first-order valence-electron chi connectivity index (χ1n) is 5.83. The number of carbonyl (C=O) groups is 1. The van der Waals surface area contributed by atoms with Crippen LogP contribution < -0.4 is 0 Å². The molecule has 0 aliphatic heterocycles. The van der Waals surface area contributed by atoms with Crippen LogP contribution >= 0.6 is 0 Å². The number of nitro groups is 1. The summed E-state index contributed by atoms with van der Waals surface area (Å²) in [4.78, 5) is 21.1. The summed E-state index contributed by atoms with van der Waals surface area (Å²) in [6.45, 7) is 0. The molecule has 2 aromatic rings. The number of aliphatic carboxylic acids is 1. The first-order chi connectivity index (χ1) is 9.58. The molecule has 0 fully saturated rings. The summed E-state index contributed by atoms with van der Waals surface area (Å²) in [6, 6.07) is 13.6. The van der Waals surface area contributed by atoms with Gasteiger partial charge < -0.3 is 5.11 Å². The molecule has 0 aromatic heterocycles. The third kappa shape index (κ3) is 3.08. The van der Waals surface area contributed by atoms with Crippen molar-refractivity contribution in [1.82, 2.24) is 0 Å². The Morgan fingerprint density at radius 1 is 1.15 bits per heavy atom. The van der Waals surface area contributed by atoms with Gasteiger partial charge in [0.05, 0.1) is 10.5 Å². The monoisotopic (exact) mass is 269 g/mol. The Bertz CT molecular complexity index is 678. The van der Waals surface area contributed by atoms with Crippen molar-refractivity contribution in [3.05, 3.63) is 70.3 Å². The van der Waals surface area contributed by atoms with E-state index in [0.717, 1.165) is 11.6 Å². The molecule has 0 aliphatic rings. The normalized spacial score (nSPS) is 10.6. The molecule has 1 N–H and O–H groups in total. The van der Waals surface area contributed by atoms with Crippen LogP contribution in [0, 0.1) is 10.1 Å². The highest BCUT2D eigenvalue weighted by molar-refractivity contribution is 5.86. The number of nitrogens with zero attached hydrogens (tertiary/aromatic N) is 1. The van der Waals surface area contributed by atoms with E-state index in [4.69, 9.17) is 5.11 Å². The smallest absolute Gasteiger partial charge is 0.328 e. The molecule has 0 aliphatic carbocycles. The molecular formula is C15H11NO4. The minimum absolute atomic E-state index is 0.0521. The lowest BCUT2D eigenvalue weighted by molar-refractivity contribution is -0.384. The van der Waals surface area contributed by atoms with Crippen LogP contribution in [-0.4, -0.2) is 16.0 Å². The Labute approximate surface area is 115 Å². The van der Waals surface area contributed by atoms with Crippen molar-refractivity contribution in [2.45, 2.75) is 0 Å². The molecule has 0 spiro atoms. The lowest BCUT2D eigenvalue weighted by Crippen LogP contribution is -1.93. The van der Waals surface area contributed by atoms with Gasteiger partial charge in [0, 0.05) is 12.1 Å². The van der Waals surface area contributed by atoms with E-state index in [-0.39, 0.29) is 5.69 Å². The van der Waals surface area contributed by atoms with Crippen LogP contribution in [0.4, 0.5) is 5.69 Å². The summed E-state index contributed by atoms with van der Waals surface area (Å²) < 4.78 is 0. The minimum Gasteiger partial charge on any atom is -0.478 e. The predicted octanol–water partition coefficient (Wildman–Crippen LogP) is 3.36. The second kappa shape index (κ2) is 5.79. The Hall–Kier alpha value is -2.95. The number of benzene rings is 2. The van der Waals surface area contributed by atoms with Gasteiger partial charge in [0.15, 0.2) is 0 Å². The van der Waals surface area contributed by atoms with E-state index >= 15 is 0 Å². The van der Waals surface area contributed by atoms with Crippen molar-refractivity contribution in [3.63, 3.8) is 0 Å². The maximum Gasteiger partial charge on any atom is 0.328 e. The maximum absolute atomic E-state index is 11.2. The molecule has 20 heavy (non-hydrogen) atoms. The van der Waals surface area contributed by atoms with Gasteiger partial charge in [-0.2, -0.15) is 0 Å². The van der Waals surface area contributed by atoms with Gasteiger partial charge in [0.25, 0.3) is 5.69 Å². The summed E-state index contributed by atoms with van der Waals surface area (Å²) in [5, 5.41) is 19.7. The molecule has 2 aromatic carbocycles. The number of carboxylic acid groups (broad SMARTS) is 1. The summed E-state index contributed by atoms with van der Waals surface area (Å²) in [5.74, 6) is -1.10. The highest BCUT2D eigenvalue weighted by atomic mass is 16.6. The van der Waals surface area contributed by atoms with Crippen molar-refractivity contribution in [2.75, 3.05) is 0 Å². The van der Waals surface area contributed by atoms with E-state index in [2.05, 4.69) is 0 Å². The van der Waals surface area contributed by atoms with Gasteiger partial charge in [-0.1, -0.05) is 36.4 Å². The molecule has 5 nitrogen and oxygen atoms in total. The lowest BCUT2D eigenvalue weighted by Gasteiger charge is -2.04. The molecule has 0 radical (unpaired) electrons. The van der Waals surface area contributed by atoms with Crippen LogP contribution in [0.15, 0.2) is 54.6 Å². The Morgan fingerprint density at radius 2 is 1.85 bits per heavy atom. The molecule has 0 heterocycles. The fourth-order valence-electron chi connectivity index (χ4n) is 1.83. The van der Waals surface area contributed by atoms with Gasteiger partial charge in [-0.05, 0) is 23.3 Å². The van der Waals surface area contributed by atoms with Crippen LogP contribution in [0.3, 0.4) is 0 Å². The van der Waals surface area contributed by atoms with Crippen molar-refractivity contribution in [2.24, 2.45) is 0 Å². The topological polar surface area (TPSA) is 80.4 Å². The summed E-state index contributed by atoms with van der Waals surface area (Å²) in [6.07, 6.45) is 2.27. The van der Waals surface area contributed by atoms with Gasteiger partial charge in [0.2, 0.25) is 0 Å². The lowest BCUT2D eigenvalue weighted by atomic mass is 10.0. The molecular weight excluding hydrogens is 258 g/mol. The van der Waals surface area contributed by atoms with Gasteiger partial charge >= 0.3 is 5.97 Å². The SMILES string of the molecule is O=C(O)/C=C/c1ccc(-c2ccccc2)c([N+](=O)[O-])c1. The van der Waals surface area contributed by atoms with E-state index in [1.54, 1.807) is 36.4 Å². The van der Waals surface area contributed by atoms with Crippen molar-refractivity contribution in [3.8, 4) is 11.1 Å². The Balaban J connectivity index is 2.49. The van der Waals surface area contributed by atoms with Gasteiger partial charge in [-0.25, -0.2) is 4.79 Å². The highest BCUT2D eigenvalue weighted by Gasteiger charge is 2.15. The van der Waals surface area contributed by atoms with E-state index in [1.807, 2.05) is 6.07 Å². The third-order valence-corrected chi connectivity index (χ3v) is 2.72. The average molecular weight is 269 g/mol. The van der Waals surface area contributed by atoms with E-state index in [0.29, 0.717) is 11.1 Å². The zero-order valence-corrected chi connectivity index (χ0v) is 10.4. The summed E-state index contributed by atoms with van der Waals surface area (Å²) in [5.41, 5.74) is 1.67. The Morgan fingerprint density at radius 3 is 2.45 bits per heavy atom. The van der Waals surface area contributed by atoms with E-state index in [1.165, 1.54) is 12.1 Å². The van der Waals surface area contributed by atoms with Crippen LogP contribution in [0.5, 0.6) is 0 Å². The quantitative estimate of drug-likeness (QED) is 0.524. The maximum atomic E-state index is 11.2. The molecule has 100 valence electrons. The molecule has 0 bridgehead atoms. The van der Waals surface area contributed by atoms with E-state index < -0.39 is 10.9 Å². The molecule has 0 saturated carbocycles. The second-order valence-electron chi connectivity index (χ2n) is 4.07. The minimum atomic E-state index is -1.10. The van der Waals surface area contributed by atoms with Crippen LogP contribution in [-0.2, 0) is 4.79 Å². The number of hydrogen-bond acceptors (Lipinski definition) is 3. The van der Waals surface area contributed by atoms with Crippen molar-refractivity contribution in [1.29, 1.82) is 0 Å². The molecule has 0 atom stereocenters. The second-order valence-corrected chi connectivity index (χ2v) is 4.07. The number of rotatable bonds is 4. The van der Waals surface area contributed by atoms with Crippen molar-refractivity contribution < 1.29 is 14.8 Å². The average Bonchev–Trinajstić information content (AvgIpc) is 2.45. The van der Waals surface area contributed by atoms with Crippen LogP contribution in [0.2, 0.25) is 0 Å². The molecule has 0 amide bonds. The predicted molar refractivity (Wildman–Crippen MR) is 75.2 cm³/mol. The fourth-order valence-corrected chi connectivity index (χ4v) is 1.83. The summed E-state index contributed by atoms with van der Waals surface area (Å²) in [7, 11) is 0. The standard InChI is InChI=1S/C15H11NO4/c17-15(18)9-7-11-6-8-13(14(10-11)16(19)20)12-4-2-1-3-5-12/h1-10H,(H,17,18)/b9-7+. The number of carboxylic acids is 1. The first-order valence-corrected chi connectivity index (χ1v) is 5.83. The molecule has 0 saturated heterocycles. The summed E-state index contributed by atoms with van der Waals surface area (Å²) >= 11 is 0. The highest BCUT2D eigenvalue weighted by Crippen LogP contribution is 2.30. The Kier molecular flexibility index (Phi) is 3.91. The molecule has 2 rings (SSSR count).